The molecule has 0 spiro atoms. The zero-order valence-electron chi connectivity index (χ0n) is 8.98. The standard InChI is InChI=1S/C11H22O3/c1-2-3-4-14-8-10-6-11(13)5-9(10)7-12/h9-13H,2-8H2,1H3/t9-,10-,11+/m1/s1. The number of aliphatic hydroxyl groups excluding tert-OH is 2. The van der Waals surface area contributed by atoms with E-state index in [1.807, 2.05) is 0 Å². The second-order valence-corrected chi connectivity index (χ2v) is 4.26. The van der Waals surface area contributed by atoms with Crippen LogP contribution in [0.5, 0.6) is 0 Å². The second-order valence-electron chi connectivity index (χ2n) is 4.26. The van der Waals surface area contributed by atoms with Gasteiger partial charge in [0.15, 0.2) is 0 Å². The van der Waals surface area contributed by atoms with Gasteiger partial charge >= 0.3 is 0 Å². The summed E-state index contributed by atoms with van der Waals surface area (Å²) >= 11 is 0. The Morgan fingerprint density at radius 1 is 1.29 bits per heavy atom. The van der Waals surface area contributed by atoms with E-state index in [2.05, 4.69) is 6.92 Å². The molecule has 0 amide bonds. The Labute approximate surface area is 86.1 Å². The molecule has 0 aromatic rings. The molecule has 0 saturated heterocycles. The van der Waals surface area contributed by atoms with Crippen molar-refractivity contribution >= 4 is 0 Å². The van der Waals surface area contributed by atoms with Crippen molar-refractivity contribution in [3.8, 4) is 0 Å². The number of hydrogen-bond donors (Lipinski definition) is 2. The van der Waals surface area contributed by atoms with Gasteiger partial charge in [0.1, 0.15) is 0 Å². The lowest BCUT2D eigenvalue weighted by atomic mass is 9.98. The Hall–Kier alpha value is -0.120. The minimum Gasteiger partial charge on any atom is -0.396 e. The van der Waals surface area contributed by atoms with E-state index in [4.69, 9.17) is 9.84 Å². The van der Waals surface area contributed by atoms with E-state index in [9.17, 15) is 5.11 Å². The highest BCUT2D eigenvalue weighted by Crippen LogP contribution is 2.31. The molecule has 0 heterocycles. The molecule has 1 aliphatic rings. The molecule has 14 heavy (non-hydrogen) atoms. The summed E-state index contributed by atoms with van der Waals surface area (Å²) in [5.41, 5.74) is 0. The third-order valence-corrected chi connectivity index (χ3v) is 3.02. The molecule has 0 bridgehead atoms. The molecule has 3 atom stereocenters. The van der Waals surface area contributed by atoms with Gasteiger partial charge in [-0.2, -0.15) is 0 Å². The number of hydrogen-bond acceptors (Lipinski definition) is 3. The Balaban J connectivity index is 2.15. The fraction of sp³-hybridized carbons (Fsp3) is 1.00. The zero-order chi connectivity index (χ0) is 10.4. The van der Waals surface area contributed by atoms with E-state index in [1.54, 1.807) is 0 Å². The average molecular weight is 202 g/mol. The largest absolute Gasteiger partial charge is 0.396 e. The summed E-state index contributed by atoms with van der Waals surface area (Å²) in [4.78, 5) is 0. The smallest absolute Gasteiger partial charge is 0.0547 e. The first kappa shape index (κ1) is 12.0. The van der Waals surface area contributed by atoms with Gasteiger partial charge in [-0.3, -0.25) is 0 Å². The van der Waals surface area contributed by atoms with Gasteiger partial charge < -0.3 is 14.9 Å². The summed E-state index contributed by atoms with van der Waals surface area (Å²) < 4.78 is 5.52. The highest BCUT2D eigenvalue weighted by Gasteiger charge is 2.32. The van der Waals surface area contributed by atoms with E-state index in [0.29, 0.717) is 12.5 Å². The molecular weight excluding hydrogens is 180 g/mol. The van der Waals surface area contributed by atoms with E-state index in [-0.39, 0.29) is 18.6 Å². The van der Waals surface area contributed by atoms with Gasteiger partial charge in [-0.15, -0.1) is 0 Å². The van der Waals surface area contributed by atoms with Crippen molar-refractivity contribution in [2.45, 2.75) is 38.7 Å². The summed E-state index contributed by atoms with van der Waals surface area (Å²) in [5, 5.41) is 18.5. The molecule has 3 heteroatoms. The molecule has 0 aromatic heterocycles. The maximum absolute atomic E-state index is 9.44. The van der Waals surface area contributed by atoms with Crippen molar-refractivity contribution in [2.24, 2.45) is 11.8 Å². The van der Waals surface area contributed by atoms with Crippen molar-refractivity contribution in [3.05, 3.63) is 0 Å². The van der Waals surface area contributed by atoms with Crippen molar-refractivity contribution in [2.75, 3.05) is 19.8 Å². The molecule has 0 aromatic carbocycles. The van der Waals surface area contributed by atoms with Crippen LogP contribution in [0.2, 0.25) is 0 Å². The molecule has 0 aliphatic heterocycles. The van der Waals surface area contributed by atoms with Gasteiger partial charge in [0.25, 0.3) is 0 Å². The van der Waals surface area contributed by atoms with Crippen molar-refractivity contribution in [1.29, 1.82) is 0 Å². The molecule has 84 valence electrons. The van der Waals surface area contributed by atoms with Crippen LogP contribution in [-0.4, -0.2) is 36.1 Å². The minimum absolute atomic E-state index is 0.179. The maximum atomic E-state index is 9.44. The number of ether oxygens (including phenoxy) is 1. The van der Waals surface area contributed by atoms with Gasteiger partial charge in [-0.1, -0.05) is 13.3 Å². The predicted octanol–water partition coefficient (Wildman–Crippen LogP) is 1.18. The third kappa shape index (κ3) is 3.56. The highest BCUT2D eigenvalue weighted by atomic mass is 16.5. The lowest BCUT2D eigenvalue weighted by Crippen LogP contribution is -2.18. The molecular formula is C11H22O3. The van der Waals surface area contributed by atoms with Crippen molar-refractivity contribution in [1.82, 2.24) is 0 Å². The van der Waals surface area contributed by atoms with Gasteiger partial charge in [0.05, 0.1) is 6.10 Å². The summed E-state index contributed by atoms with van der Waals surface area (Å²) in [6.07, 6.45) is 3.54. The lowest BCUT2D eigenvalue weighted by Gasteiger charge is -2.16. The van der Waals surface area contributed by atoms with Crippen LogP contribution in [-0.2, 0) is 4.74 Å². The second kappa shape index (κ2) is 6.38. The van der Waals surface area contributed by atoms with Gasteiger partial charge in [0, 0.05) is 19.8 Å². The molecule has 1 rings (SSSR count). The van der Waals surface area contributed by atoms with Crippen LogP contribution in [0.15, 0.2) is 0 Å². The average Bonchev–Trinajstić information content (AvgIpc) is 2.54. The quantitative estimate of drug-likeness (QED) is 0.636. The van der Waals surface area contributed by atoms with Crippen molar-refractivity contribution in [3.63, 3.8) is 0 Å². The Bertz CT molecular complexity index is 149. The summed E-state index contributed by atoms with van der Waals surface area (Å²) in [6, 6.07) is 0. The molecule has 1 aliphatic carbocycles. The van der Waals surface area contributed by atoms with E-state index in [1.165, 1.54) is 0 Å². The lowest BCUT2D eigenvalue weighted by molar-refractivity contribution is 0.0680. The zero-order valence-corrected chi connectivity index (χ0v) is 8.98. The van der Waals surface area contributed by atoms with Crippen molar-refractivity contribution < 1.29 is 14.9 Å². The van der Waals surface area contributed by atoms with Crippen LogP contribution >= 0.6 is 0 Å². The number of rotatable bonds is 6. The summed E-state index contributed by atoms with van der Waals surface area (Å²) in [5.74, 6) is 0.596. The first-order valence-electron chi connectivity index (χ1n) is 5.64. The predicted molar refractivity (Wildman–Crippen MR) is 55.0 cm³/mol. The SMILES string of the molecule is CCCCOC[C@H]1C[C@@H](O)C[C@@H]1CO. The topological polar surface area (TPSA) is 49.7 Å². The van der Waals surface area contributed by atoms with Gasteiger partial charge in [-0.25, -0.2) is 0 Å². The number of aliphatic hydroxyl groups is 2. The van der Waals surface area contributed by atoms with Crippen LogP contribution in [0.25, 0.3) is 0 Å². The first-order chi connectivity index (χ1) is 6.77. The Morgan fingerprint density at radius 2 is 2.00 bits per heavy atom. The monoisotopic (exact) mass is 202 g/mol. The Morgan fingerprint density at radius 3 is 2.64 bits per heavy atom. The van der Waals surface area contributed by atoms with E-state index >= 15 is 0 Å². The van der Waals surface area contributed by atoms with E-state index in [0.717, 1.165) is 32.3 Å². The first-order valence-corrected chi connectivity index (χ1v) is 5.64. The summed E-state index contributed by atoms with van der Waals surface area (Å²) in [6.45, 7) is 3.82. The van der Waals surface area contributed by atoms with Gasteiger partial charge in [0.2, 0.25) is 0 Å². The van der Waals surface area contributed by atoms with Crippen LogP contribution < -0.4 is 0 Å². The van der Waals surface area contributed by atoms with Crippen LogP contribution in [0.1, 0.15) is 32.6 Å². The van der Waals surface area contributed by atoms with Crippen LogP contribution in [0.4, 0.5) is 0 Å². The highest BCUT2D eigenvalue weighted by molar-refractivity contribution is 4.82. The fourth-order valence-corrected chi connectivity index (χ4v) is 2.09. The molecule has 0 unspecified atom stereocenters. The Kier molecular flexibility index (Phi) is 5.45. The fourth-order valence-electron chi connectivity index (χ4n) is 2.09. The molecule has 1 fully saturated rings. The third-order valence-electron chi connectivity index (χ3n) is 3.02. The summed E-state index contributed by atoms with van der Waals surface area (Å²) in [7, 11) is 0. The maximum Gasteiger partial charge on any atom is 0.0547 e. The molecule has 2 N–H and O–H groups in total. The van der Waals surface area contributed by atoms with E-state index < -0.39 is 0 Å². The van der Waals surface area contributed by atoms with Gasteiger partial charge in [-0.05, 0) is 31.1 Å². The molecule has 3 nitrogen and oxygen atoms in total. The molecule has 1 saturated carbocycles. The van der Waals surface area contributed by atoms with Crippen LogP contribution in [0.3, 0.4) is 0 Å². The molecule has 0 radical (unpaired) electrons. The van der Waals surface area contributed by atoms with Crippen LogP contribution in [0, 0.1) is 11.8 Å². The normalized spacial score (nSPS) is 32.4. The number of unbranched alkanes of at least 4 members (excludes halogenated alkanes) is 1. The minimum atomic E-state index is -0.230.